The maximum Gasteiger partial charge on any atom is 0.416 e. The van der Waals surface area contributed by atoms with Crippen molar-refractivity contribution in [1.82, 2.24) is 19.7 Å². The number of hydrogen-bond donors (Lipinski definition) is 1. The molecule has 2 aromatic rings. The number of benzene rings is 1. The molecule has 204 valence electrons. The van der Waals surface area contributed by atoms with Crippen LogP contribution in [0.1, 0.15) is 85.2 Å². The second-order valence-corrected chi connectivity index (χ2v) is 11.2. The SMILES string of the molecule is CC[C@@H](c1ccc(C(F)(F)F)cc1)C1CCN(C2(C)CCN(C(=O)c3c(C)nn(O)c3C)CC2)C[C@@H]1C. The highest BCUT2D eigenvalue weighted by atomic mass is 19.4. The number of hydrogen-bond acceptors (Lipinski definition) is 4. The Morgan fingerprint density at radius 1 is 1.16 bits per heavy atom. The van der Waals surface area contributed by atoms with Crippen molar-refractivity contribution in [3.8, 4) is 0 Å². The first-order valence-electron chi connectivity index (χ1n) is 13.3. The lowest BCUT2D eigenvalue weighted by Gasteiger charge is -2.51. The fourth-order valence-electron chi connectivity index (χ4n) is 6.56. The van der Waals surface area contributed by atoms with Crippen LogP contribution >= 0.6 is 0 Å². The molecule has 37 heavy (non-hydrogen) atoms. The molecule has 1 aromatic carbocycles. The molecule has 0 spiro atoms. The number of nitrogens with zero attached hydrogens (tertiary/aromatic N) is 4. The molecule has 2 aliphatic heterocycles. The first kappa shape index (κ1) is 27.5. The average molecular weight is 521 g/mol. The van der Waals surface area contributed by atoms with Crippen molar-refractivity contribution < 1.29 is 23.2 Å². The van der Waals surface area contributed by atoms with Crippen molar-refractivity contribution >= 4 is 5.91 Å². The van der Waals surface area contributed by atoms with Crippen LogP contribution in [-0.4, -0.2) is 62.6 Å². The zero-order valence-electron chi connectivity index (χ0n) is 22.5. The van der Waals surface area contributed by atoms with E-state index in [-0.39, 0.29) is 17.4 Å². The Kier molecular flexibility index (Phi) is 7.66. The summed E-state index contributed by atoms with van der Waals surface area (Å²) in [4.78, 5) is 18.4. The zero-order chi connectivity index (χ0) is 27.1. The van der Waals surface area contributed by atoms with E-state index in [0.29, 0.717) is 41.9 Å². The second kappa shape index (κ2) is 10.3. The Balaban J connectivity index is 1.38. The molecule has 0 radical (unpaired) electrons. The maximum atomic E-state index is 13.1. The highest BCUT2D eigenvalue weighted by Crippen LogP contribution is 2.42. The molecule has 1 aromatic heterocycles. The third-order valence-corrected chi connectivity index (χ3v) is 8.97. The number of likely N-dealkylation sites (tertiary alicyclic amines) is 2. The van der Waals surface area contributed by atoms with E-state index < -0.39 is 11.7 Å². The summed E-state index contributed by atoms with van der Waals surface area (Å²) in [6, 6.07) is 5.74. The number of carbonyl (C=O) groups excluding carboxylic acids is 1. The van der Waals surface area contributed by atoms with Crippen LogP contribution in [0, 0.1) is 25.7 Å². The van der Waals surface area contributed by atoms with Gasteiger partial charge in [0, 0.05) is 25.2 Å². The molecule has 3 heterocycles. The molecule has 2 fully saturated rings. The van der Waals surface area contributed by atoms with Gasteiger partial charge in [-0.1, -0.05) is 26.0 Å². The Morgan fingerprint density at radius 3 is 2.27 bits per heavy atom. The molecule has 0 bridgehead atoms. The molecule has 0 aliphatic carbocycles. The Hall–Kier alpha value is -2.55. The Bertz CT molecular complexity index is 1100. The molecule has 2 saturated heterocycles. The van der Waals surface area contributed by atoms with Crippen LogP contribution in [0.3, 0.4) is 0 Å². The quantitative estimate of drug-likeness (QED) is 0.499. The molecular weight excluding hydrogens is 481 g/mol. The standard InChI is InChI=1S/C28H39F3N4O2/c1-6-23(21-7-9-22(10-8-21)28(29,30)31)24-11-14-34(17-18(24)2)27(5)12-15-33(16-13-27)26(36)25-19(3)32-35(37)20(25)4/h7-10,18,23-24,37H,6,11-17H2,1-5H3/t18-,23-,24?/m0/s1. The fourth-order valence-corrected chi connectivity index (χ4v) is 6.56. The molecule has 1 N–H and O–H groups in total. The number of alkyl halides is 3. The van der Waals surface area contributed by atoms with Gasteiger partial charge in [0.15, 0.2) is 0 Å². The molecule has 9 heteroatoms. The smallest absolute Gasteiger partial charge is 0.411 e. The zero-order valence-corrected chi connectivity index (χ0v) is 22.5. The minimum absolute atomic E-state index is 0.00265. The van der Waals surface area contributed by atoms with Gasteiger partial charge in [-0.05, 0) is 88.4 Å². The largest absolute Gasteiger partial charge is 0.416 e. The lowest BCUT2D eigenvalue weighted by molar-refractivity contribution is -0.137. The van der Waals surface area contributed by atoms with Crippen molar-refractivity contribution in [3.63, 3.8) is 0 Å². The number of amides is 1. The van der Waals surface area contributed by atoms with Crippen molar-refractivity contribution in [3.05, 3.63) is 52.3 Å². The van der Waals surface area contributed by atoms with Gasteiger partial charge in [-0.25, -0.2) is 0 Å². The van der Waals surface area contributed by atoms with E-state index in [1.54, 1.807) is 26.0 Å². The number of aryl methyl sites for hydroxylation is 1. The van der Waals surface area contributed by atoms with Crippen LogP contribution in [0.2, 0.25) is 0 Å². The molecule has 1 unspecified atom stereocenters. The van der Waals surface area contributed by atoms with Crippen LogP contribution in [0.4, 0.5) is 13.2 Å². The van der Waals surface area contributed by atoms with Gasteiger partial charge in [-0.2, -0.15) is 13.2 Å². The first-order chi connectivity index (χ1) is 17.4. The van der Waals surface area contributed by atoms with Crippen LogP contribution < -0.4 is 0 Å². The molecule has 3 atom stereocenters. The summed E-state index contributed by atoms with van der Waals surface area (Å²) in [7, 11) is 0. The number of piperidine rings is 2. The first-order valence-corrected chi connectivity index (χ1v) is 13.3. The van der Waals surface area contributed by atoms with Crippen LogP contribution in [0.5, 0.6) is 0 Å². The minimum atomic E-state index is -4.31. The average Bonchev–Trinajstić information content (AvgIpc) is 3.11. The van der Waals surface area contributed by atoms with Crippen molar-refractivity contribution in [2.45, 2.75) is 77.9 Å². The predicted molar refractivity (Wildman–Crippen MR) is 136 cm³/mol. The van der Waals surface area contributed by atoms with Gasteiger partial charge in [0.25, 0.3) is 5.91 Å². The van der Waals surface area contributed by atoms with Gasteiger partial charge in [0.2, 0.25) is 0 Å². The summed E-state index contributed by atoms with van der Waals surface area (Å²) in [6.07, 6.45) is -0.660. The van der Waals surface area contributed by atoms with E-state index in [4.69, 9.17) is 0 Å². The van der Waals surface area contributed by atoms with Crippen LogP contribution in [0.15, 0.2) is 24.3 Å². The monoisotopic (exact) mass is 520 g/mol. The minimum Gasteiger partial charge on any atom is -0.411 e. The van der Waals surface area contributed by atoms with Crippen molar-refractivity contribution in [2.75, 3.05) is 26.2 Å². The maximum absolute atomic E-state index is 13.1. The normalized spacial score (nSPS) is 23.7. The van der Waals surface area contributed by atoms with Gasteiger partial charge in [0.1, 0.15) is 0 Å². The summed E-state index contributed by atoms with van der Waals surface area (Å²) in [5.74, 6) is 1.000. The van der Waals surface area contributed by atoms with Gasteiger partial charge in [0.05, 0.1) is 22.5 Å². The lowest BCUT2D eigenvalue weighted by Crippen LogP contribution is -2.58. The van der Waals surface area contributed by atoms with E-state index in [2.05, 4.69) is 30.8 Å². The summed E-state index contributed by atoms with van der Waals surface area (Å²) < 4.78 is 39.1. The van der Waals surface area contributed by atoms with Gasteiger partial charge >= 0.3 is 6.18 Å². The molecule has 0 saturated carbocycles. The summed E-state index contributed by atoms with van der Waals surface area (Å²) in [5.41, 5.74) is 1.88. The van der Waals surface area contributed by atoms with Crippen molar-refractivity contribution in [1.29, 1.82) is 0 Å². The van der Waals surface area contributed by atoms with Crippen LogP contribution in [0.25, 0.3) is 0 Å². The van der Waals surface area contributed by atoms with Gasteiger partial charge in [-0.3, -0.25) is 9.69 Å². The highest BCUT2D eigenvalue weighted by molar-refractivity contribution is 5.96. The molecule has 2 aliphatic rings. The third-order valence-electron chi connectivity index (χ3n) is 8.97. The highest BCUT2D eigenvalue weighted by Gasteiger charge is 2.42. The number of aromatic nitrogens is 2. The molecule has 1 amide bonds. The number of rotatable bonds is 5. The van der Waals surface area contributed by atoms with E-state index in [1.807, 2.05) is 4.90 Å². The lowest BCUT2D eigenvalue weighted by atomic mass is 9.72. The molecule has 4 rings (SSSR count). The molecular formula is C28H39F3N4O2. The van der Waals surface area contributed by atoms with Crippen LogP contribution in [-0.2, 0) is 6.18 Å². The Morgan fingerprint density at radius 2 is 1.78 bits per heavy atom. The summed E-state index contributed by atoms with van der Waals surface area (Å²) in [6.45, 7) is 13.3. The summed E-state index contributed by atoms with van der Waals surface area (Å²) in [5, 5.41) is 13.8. The van der Waals surface area contributed by atoms with E-state index >= 15 is 0 Å². The number of halogens is 3. The summed E-state index contributed by atoms with van der Waals surface area (Å²) >= 11 is 0. The van der Waals surface area contributed by atoms with E-state index in [9.17, 15) is 23.2 Å². The van der Waals surface area contributed by atoms with Gasteiger partial charge < -0.3 is 10.1 Å². The fraction of sp³-hybridized carbons (Fsp3) is 0.643. The Labute approximate surface area is 217 Å². The number of carbonyl (C=O) groups is 1. The molecule has 6 nitrogen and oxygen atoms in total. The topological polar surface area (TPSA) is 61.6 Å². The third kappa shape index (κ3) is 5.38. The predicted octanol–water partition coefficient (Wildman–Crippen LogP) is 5.90. The van der Waals surface area contributed by atoms with E-state index in [0.717, 1.165) is 49.2 Å². The van der Waals surface area contributed by atoms with Crippen molar-refractivity contribution in [2.24, 2.45) is 11.8 Å². The van der Waals surface area contributed by atoms with E-state index in [1.165, 1.54) is 12.1 Å². The second-order valence-electron chi connectivity index (χ2n) is 11.2. The van der Waals surface area contributed by atoms with Gasteiger partial charge in [-0.15, -0.1) is 9.94 Å².